The Balaban J connectivity index is 1.70. The van der Waals surface area contributed by atoms with Crippen molar-refractivity contribution >= 4 is 21.3 Å². The molecular weight excluding hydrogens is 417 g/mol. The van der Waals surface area contributed by atoms with Gasteiger partial charge in [-0.2, -0.15) is 13.2 Å². The molecule has 1 fully saturated rings. The topological polar surface area (TPSA) is 66.4 Å². The van der Waals surface area contributed by atoms with E-state index < -0.39 is 26.3 Å². The van der Waals surface area contributed by atoms with E-state index in [2.05, 4.69) is 14.9 Å². The smallest absolute Gasteiger partial charge is 0.368 e. The monoisotopic (exact) mass is 442 g/mol. The van der Waals surface area contributed by atoms with Crippen LogP contribution in [-0.2, 0) is 16.0 Å². The van der Waals surface area contributed by atoms with Crippen molar-refractivity contribution in [3.05, 3.63) is 42.2 Å². The fraction of sp³-hybridized carbons (Fsp3) is 0.500. The lowest BCUT2D eigenvalue weighted by molar-refractivity contribution is -0.137. The van der Waals surface area contributed by atoms with Crippen molar-refractivity contribution < 1.29 is 21.6 Å². The van der Waals surface area contributed by atoms with E-state index in [9.17, 15) is 21.6 Å². The Morgan fingerprint density at radius 1 is 0.867 bits per heavy atom. The predicted octanol–water partition coefficient (Wildman–Crippen LogP) is 3.78. The Kier molecular flexibility index (Phi) is 5.99. The van der Waals surface area contributed by atoms with Crippen LogP contribution in [0.4, 0.5) is 24.7 Å². The molecular formula is C20H25F3N4O2S. The molecule has 1 aliphatic rings. The predicted molar refractivity (Wildman–Crippen MR) is 109 cm³/mol. The van der Waals surface area contributed by atoms with Gasteiger partial charge in [0.25, 0.3) is 0 Å². The van der Waals surface area contributed by atoms with Gasteiger partial charge in [-0.1, -0.05) is 0 Å². The molecule has 6 nitrogen and oxygen atoms in total. The van der Waals surface area contributed by atoms with Crippen LogP contribution in [-0.4, -0.2) is 49.3 Å². The highest BCUT2D eigenvalue weighted by Gasteiger charge is 2.32. The number of hydrogen-bond donors (Lipinski definition) is 0. The van der Waals surface area contributed by atoms with Gasteiger partial charge in [0.2, 0.25) is 0 Å². The standard InChI is InChI=1S/C20H25F3N4O2S/c1-19(2,3)30(28,29)18-8-6-16(14-25-18)26-9-4-10-27(12-11-26)17-7-5-15(13-24-17)20(21,22)23/h5-8,13-14H,4,9-12H2,1-3H3. The molecule has 0 unspecified atom stereocenters. The lowest BCUT2D eigenvalue weighted by Gasteiger charge is -2.24. The van der Waals surface area contributed by atoms with Crippen LogP contribution in [0.25, 0.3) is 0 Å². The maximum absolute atomic E-state index is 12.7. The number of nitrogens with zero attached hydrogens (tertiary/aromatic N) is 4. The summed E-state index contributed by atoms with van der Waals surface area (Å²) in [4.78, 5) is 12.2. The third kappa shape index (κ3) is 4.69. The summed E-state index contributed by atoms with van der Waals surface area (Å²) in [5.74, 6) is 0.509. The molecule has 0 bridgehead atoms. The number of rotatable bonds is 3. The molecule has 30 heavy (non-hydrogen) atoms. The number of sulfone groups is 1. The third-order valence-corrected chi connectivity index (χ3v) is 7.47. The van der Waals surface area contributed by atoms with E-state index in [1.807, 2.05) is 4.90 Å². The number of alkyl halides is 3. The number of anilines is 2. The Labute approximate surface area is 174 Å². The Morgan fingerprint density at radius 3 is 2.07 bits per heavy atom. The van der Waals surface area contributed by atoms with Crippen molar-refractivity contribution in [1.29, 1.82) is 0 Å². The third-order valence-electron chi connectivity index (χ3n) is 5.06. The summed E-state index contributed by atoms with van der Waals surface area (Å²) in [6, 6.07) is 5.71. The second kappa shape index (κ2) is 8.05. The molecule has 0 spiro atoms. The Hall–Kier alpha value is -2.36. The maximum atomic E-state index is 12.7. The van der Waals surface area contributed by atoms with Gasteiger partial charge in [-0.25, -0.2) is 18.4 Å². The second-order valence-electron chi connectivity index (χ2n) is 8.20. The number of aromatic nitrogens is 2. The number of pyridine rings is 2. The van der Waals surface area contributed by atoms with Gasteiger partial charge >= 0.3 is 6.18 Å². The van der Waals surface area contributed by atoms with Crippen molar-refractivity contribution in [3.8, 4) is 0 Å². The maximum Gasteiger partial charge on any atom is 0.417 e. The van der Waals surface area contributed by atoms with Gasteiger partial charge in [0, 0.05) is 32.4 Å². The largest absolute Gasteiger partial charge is 0.417 e. The molecule has 164 valence electrons. The van der Waals surface area contributed by atoms with E-state index >= 15 is 0 Å². The van der Waals surface area contributed by atoms with Crippen LogP contribution in [0.3, 0.4) is 0 Å². The van der Waals surface area contributed by atoms with E-state index in [0.29, 0.717) is 25.5 Å². The van der Waals surface area contributed by atoms with Gasteiger partial charge < -0.3 is 9.80 Å². The molecule has 0 amide bonds. The summed E-state index contributed by atoms with van der Waals surface area (Å²) in [5, 5.41) is 0.0455. The van der Waals surface area contributed by atoms with E-state index in [1.54, 1.807) is 33.0 Å². The fourth-order valence-electron chi connectivity index (χ4n) is 3.18. The SMILES string of the molecule is CC(C)(C)S(=O)(=O)c1ccc(N2CCCN(c3ccc(C(F)(F)F)cn3)CC2)cn1. The van der Waals surface area contributed by atoms with Crippen LogP contribution in [0.2, 0.25) is 0 Å². The van der Waals surface area contributed by atoms with Gasteiger partial charge in [0.05, 0.1) is 22.2 Å². The second-order valence-corrected chi connectivity index (χ2v) is 10.9. The van der Waals surface area contributed by atoms with Crippen LogP contribution in [0, 0.1) is 0 Å². The van der Waals surface area contributed by atoms with E-state index in [1.165, 1.54) is 12.1 Å². The molecule has 0 radical (unpaired) electrons. The molecule has 10 heteroatoms. The molecule has 0 aromatic carbocycles. The van der Waals surface area contributed by atoms with Crippen molar-refractivity contribution in [1.82, 2.24) is 9.97 Å². The lowest BCUT2D eigenvalue weighted by Crippen LogP contribution is -2.31. The zero-order chi connectivity index (χ0) is 22.2. The van der Waals surface area contributed by atoms with Crippen LogP contribution in [0.5, 0.6) is 0 Å². The summed E-state index contributed by atoms with van der Waals surface area (Å²) in [6.07, 6.45) is -1.20. The Morgan fingerprint density at radius 2 is 1.53 bits per heavy atom. The van der Waals surface area contributed by atoms with Crippen molar-refractivity contribution in [2.24, 2.45) is 0 Å². The summed E-state index contributed by atoms with van der Waals surface area (Å²) in [6.45, 7) is 7.50. The summed E-state index contributed by atoms with van der Waals surface area (Å²) >= 11 is 0. The highest BCUT2D eigenvalue weighted by atomic mass is 32.2. The first-order valence-electron chi connectivity index (χ1n) is 9.63. The molecule has 2 aromatic rings. The lowest BCUT2D eigenvalue weighted by atomic mass is 10.2. The quantitative estimate of drug-likeness (QED) is 0.721. The van der Waals surface area contributed by atoms with E-state index in [4.69, 9.17) is 0 Å². The molecule has 0 N–H and O–H groups in total. The molecule has 1 aliphatic heterocycles. The van der Waals surface area contributed by atoms with Crippen LogP contribution < -0.4 is 9.80 Å². The summed E-state index contributed by atoms with van der Waals surface area (Å²) < 4.78 is 62.3. The molecule has 0 saturated carbocycles. The van der Waals surface area contributed by atoms with Gasteiger partial charge in [-0.3, -0.25) is 0 Å². The minimum absolute atomic E-state index is 0.0455. The highest BCUT2D eigenvalue weighted by molar-refractivity contribution is 7.92. The zero-order valence-corrected chi connectivity index (χ0v) is 18.0. The van der Waals surface area contributed by atoms with E-state index in [-0.39, 0.29) is 5.03 Å². The normalized spacial score (nSPS) is 16.5. The molecule has 1 saturated heterocycles. The first-order chi connectivity index (χ1) is 13.9. The summed E-state index contributed by atoms with van der Waals surface area (Å²) in [5.41, 5.74) is 0.0455. The fourth-order valence-corrected chi connectivity index (χ4v) is 4.24. The molecule has 3 heterocycles. The van der Waals surface area contributed by atoms with E-state index in [0.717, 1.165) is 30.9 Å². The molecule has 2 aromatic heterocycles. The van der Waals surface area contributed by atoms with Crippen molar-refractivity contribution in [2.75, 3.05) is 36.0 Å². The van der Waals surface area contributed by atoms with Crippen LogP contribution >= 0.6 is 0 Å². The van der Waals surface area contributed by atoms with Gasteiger partial charge in [-0.05, 0) is 51.5 Å². The van der Waals surface area contributed by atoms with Crippen molar-refractivity contribution in [2.45, 2.75) is 43.1 Å². The number of halogens is 3. The minimum Gasteiger partial charge on any atom is -0.368 e. The number of hydrogen-bond acceptors (Lipinski definition) is 6. The molecule has 3 rings (SSSR count). The molecule has 0 atom stereocenters. The Bertz CT molecular complexity index is 969. The highest BCUT2D eigenvalue weighted by Crippen LogP contribution is 2.30. The minimum atomic E-state index is -4.40. The van der Waals surface area contributed by atoms with Crippen LogP contribution in [0.15, 0.2) is 41.7 Å². The zero-order valence-electron chi connectivity index (χ0n) is 17.1. The molecule has 0 aliphatic carbocycles. The van der Waals surface area contributed by atoms with Gasteiger partial charge in [0.15, 0.2) is 14.9 Å². The average Bonchev–Trinajstić information content (AvgIpc) is 2.93. The first kappa shape index (κ1) is 22.3. The van der Waals surface area contributed by atoms with Gasteiger partial charge in [0.1, 0.15) is 5.82 Å². The average molecular weight is 443 g/mol. The van der Waals surface area contributed by atoms with Crippen LogP contribution in [0.1, 0.15) is 32.8 Å². The van der Waals surface area contributed by atoms with Gasteiger partial charge in [-0.15, -0.1) is 0 Å². The van der Waals surface area contributed by atoms with Crippen molar-refractivity contribution in [3.63, 3.8) is 0 Å². The first-order valence-corrected chi connectivity index (χ1v) is 11.1. The summed E-state index contributed by atoms with van der Waals surface area (Å²) in [7, 11) is -3.52.